The zero-order chi connectivity index (χ0) is 24.5. The van der Waals surface area contributed by atoms with E-state index in [1.54, 1.807) is 0 Å². The van der Waals surface area contributed by atoms with Gasteiger partial charge in [-0.05, 0) is 36.0 Å². The van der Waals surface area contributed by atoms with E-state index in [-0.39, 0.29) is 10.3 Å². The Balaban J connectivity index is 2.12. The summed E-state index contributed by atoms with van der Waals surface area (Å²) in [6.07, 6.45) is 2.24. The Kier molecular flexibility index (Phi) is 10.2. The number of nitrogens with zero attached hydrogens (tertiary/aromatic N) is 2. The molecule has 5 nitrogen and oxygen atoms in total. The predicted octanol–water partition coefficient (Wildman–Crippen LogP) is 7.15. The van der Waals surface area contributed by atoms with E-state index in [2.05, 4.69) is 41.8 Å². The van der Waals surface area contributed by atoms with E-state index in [0.717, 1.165) is 40.6 Å². The van der Waals surface area contributed by atoms with Crippen LogP contribution in [0.3, 0.4) is 0 Å². The van der Waals surface area contributed by atoms with E-state index in [0.29, 0.717) is 12.1 Å². The third-order valence-corrected chi connectivity index (χ3v) is 8.88. The van der Waals surface area contributed by atoms with Gasteiger partial charge in [-0.25, -0.2) is 4.79 Å². The van der Waals surface area contributed by atoms with E-state index in [1.165, 1.54) is 25.2 Å². The Bertz CT molecular complexity index is 1140. The number of methoxy groups -OCH3 is 1. The lowest BCUT2D eigenvalue weighted by Crippen LogP contribution is -2.20. The molecule has 0 bridgehead atoms. The summed E-state index contributed by atoms with van der Waals surface area (Å²) in [7, 11) is 2.75. The minimum atomic E-state index is -0.551. The maximum Gasteiger partial charge on any atom is 0.360 e. The number of carbonyl (C=O) groups excluding carboxylic acids is 1. The lowest BCUT2D eigenvalue weighted by molar-refractivity contribution is -0.132. The number of aromatic nitrogens is 1. The number of para-hydroxylation sites is 1. The van der Waals surface area contributed by atoms with Crippen molar-refractivity contribution in [2.75, 3.05) is 25.7 Å². The summed E-state index contributed by atoms with van der Waals surface area (Å²) in [5.41, 5.74) is 3.93. The molecule has 1 aromatic heterocycles. The highest BCUT2D eigenvalue weighted by Crippen LogP contribution is 2.47. The second kappa shape index (κ2) is 13.1. The molecule has 0 aliphatic rings. The molecule has 0 atom stereocenters. The zero-order valence-electron chi connectivity index (χ0n) is 20.0. The monoisotopic (exact) mass is 518 g/mol. The molecular weight excluding hydrogens is 488 g/mol. The van der Waals surface area contributed by atoms with Gasteiger partial charge in [0.1, 0.15) is 12.3 Å². The van der Waals surface area contributed by atoms with Crippen molar-refractivity contribution in [3.8, 4) is 0 Å². The molecule has 0 aliphatic carbocycles. The van der Waals surface area contributed by atoms with Crippen LogP contribution in [0, 0.1) is 0 Å². The highest BCUT2D eigenvalue weighted by Gasteiger charge is 2.25. The number of thioether (sulfide) groups is 2. The number of fused-ring (bicyclic) bond motifs is 1. The van der Waals surface area contributed by atoms with Gasteiger partial charge >= 0.3 is 5.97 Å². The molecule has 0 spiro atoms. The Morgan fingerprint density at radius 1 is 1.03 bits per heavy atom. The highest BCUT2D eigenvalue weighted by atomic mass is 35.5. The van der Waals surface area contributed by atoms with Crippen molar-refractivity contribution in [1.82, 2.24) is 4.57 Å². The number of hydrogen-bond acceptors (Lipinski definition) is 6. The van der Waals surface area contributed by atoms with Crippen LogP contribution in [0.1, 0.15) is 48.0 Å². The van der Waals surface area contributed by atoms with Gasteiger partial charge in [-0.15, -0.1) is 23.5 Å². The summed E-state index contributed by atoms with van der Waals surface area (Å²) in [6.45, 7) is 4.90. The van der Waals surface area contributed by atoms with Crippen molar-refractivity contribution in [2.45, 2.75) is 37.8 Å². The minimum absolute atomic E-state index is 0.128. The van der Waals surface area contributed by atoms with E-state index >= 15 is 0 Å². The van der Waals surface area contributed by atoms with Crippen molar-refractivity contribution in [1.29, 1.82) is 0 Å². The summed E-state index contributed by atoms with van der Waals surface area (Å²) >= 11 is 11.0. The quantitative estimate of drug-likeness (QED) is 0.110. The second-order valence-electron chi connectivity index (χ2n) is 7.65. The van der Waals surface area contributed by atoms with Gasteiger partial charge in [-0.3, -0.25) is 0 Å². The largest absolute Gasteiger partial charge is 0.464 e. The maximum absolute atomic E-state index is 12.4. The Morgan fingerprint density at radius 3 is 2.32 bits per heavy atom. The number of rotatable bonds is 12. The first-order valence-corrected chi connectivity index (χ1v) is 13.8. The molecule has 2 aromatic carbocycles. The third-order valence-electron chi connectivity index (χ3n) is 5.29. The molecule has 3 rings (SSSR count). The molecule has 0 amide bonds. The fourth-order valence-corrected chi connectivity index (χ4v) is 6.95. The van der Waals surface area contributed by atoms with Crippen molar-refractivity contribution in [3.63, 3.8) is 0 Å². The van der Waals surface area contributed by atoms with Gasteiger partial charge in [0.05, 0.1) is 11.7 Å². The highest BCUT2D eigenvalue weighted by molar-refractivity contribution is 8.16. The second-order valence-corrected chi connectivity index (χ2v) is 10.7. The molecule has 0 saturated carbocycles. The molecule has 1 heterocycles. The molecule has 0 radical (unpaired) electrons. The average Bonchev–Trinajstić information content (AvgIpc) is 3.14. The standard InChI is InChI=1S/C26H31ClN2O3S2/c1-5-15-33-26(34-16-6-2)22-20-13-9-10-14-21(20)29(24(22)27)17-18-11-7-8-12-19(18)23(28-32-4)25(30)31-3/h7-14,26H,5-6,15-17H2,1-4H3/b28-23+. The Hall–Kier alpha value is -2.09. The zero-order valence-corrected chi connectivity index (χ0v) is 22.4. The van der Waals surface area contributed by atoms with Crippen molar-refractivity contribution in [3.05, 3.63) is 70.4 Å². The SMILES string of the molecule is CCCSC(SCCC)c1c(Cl)n(Cc2ccccc2/C(=N\OC)C(=O)OC)c2ccccc12. The number of halogens is 1. The lowest BCUT2D eigenvalue weighted by atomic mass is 10.0. The van der Waals surface area contributed by atoms with Crippen LogP contribution in [-0.2, 0) is 20.9 Å². The Labute approximate surface area is 215 Å². The summed E-state index contributed by atoms with van der Waals surface area (Å²) in [4.78, 5) is 17.3. The van der Waals surface area contributed by atoms with Gasteiger partial charge in [0.2, 0.25) is 0 Å². The number of carbonyl (C=O) groups is 1. The average molecular weight is 519 g/mol. The van der Waals surface area contributed by atoms with Crippen LogP contribution in [-0.4, -0.2) is 42.0 Å². The first-order valence-electron chi connectivity index (χ1n) is 11.3. The molecule has 182 valence electrons. The fraction of sp³-hybridized carbons (Fsp3) is 0.385. The van der Waals surface area contributed by atoms with E-state index in [1.807, 2.05) is 53.9 Å². The third kappa shape index (κ3) is 5.93. The van der Waals surface area contributed by atoms with Gasteiger partial charge in [-0.1, -0.05) is 73.1 Å². The van der Waals surface area contributed by atoms with Gasteiger partial charge in [0.15, 0.2) is 5.71 Å². The predicted molar refractivity (Wildman–Crippen MR) is 146 cm³/mol. The molecule has 0 fully saturated rings. The van der Waals surface area contributed by atoms with Crippen molar-refractivity contribution < 1.29 is 14.4 Å². The molecule has 0 unspecified atom stereocenters. The number of ether oxygens (including phenoxy) is 1. The van der Waals surface area contributed by atoms with Gasteiger partial charge in [-0.2, -0.15) is 0 Å². The van der Waals surface area contributed by atoms with E-state index in [9.17, 15) is 4.79 Å². The fourth-order valence-electron chi connectivity index (χ4n) is 3.79. The van der Waals surface area contributed by atoms with Crippen LogP contribution in [0.15, 0.2) is 53.7 Å². The summed E-state index contributed by atoms with van der Waals surface area (Å²) in [6, 6.07) is 16.0. The molecule has 0 aliphatic heterocycles. The first-order chi connectivity index (χ1) is 16.6. The first kappa shape index (κ1) is 26.5. The van der Waals surface area contributed by atoms with Crippen LogP contribution >= 0.6 is 35.1 Å². The molecular formula is C26H31ClN2O3S2. The van der Waals surface area contributed by atoms with Crippen molar-refractivity contribution in [2.24, 2.45) is 5.16 Å². The van der Waals surface area contributed by atoms with Crippen LogP contribution < -0.4 is 0 Å². The number of oxime groups is 1. The topological polar surface area (TPSA) is 52.8 Å². The smallest absolute Gasteiger partial charge is 0.360 e. The van der Waals surface area contributed by atoms with Crippen LogP contribution in [0.4, 0.5) is 0 Å². The summed E-state index contributed by atoms with van der Waals surface area (Å²) < 4.78 is 7.32. The molecule has 34 heavy (non-hydrogen) atoms. The van der Waals surface area contributed by atoms with E-state index in [4.69, 9.17) is 21.2 Å². The Morgan fingerprint density at radius 2 is 1.68 bits per heavy atom. The maximum atomic E-state index is 12.4. The van der Waals surface area contributed by atoms with Gasteiger partial charge in [0.25, 0.3) is 0 Å². The number of esters is 1. The minimum Gasteiger partial charge on any atom is -0.464 e. The molecule has 0 N–H and O–H groups in total. The van der Waals surface area contributed by atoms with Crippen molar-refractivity contribution >= 4 is 57.7 Å². The number of benzene rings is 2. The molecule has 8 heteroatoms. The van der Waals surface area contributed by atoms with Crippen LogP contribution in [0.2, 0.25) is 5.15 Å². The van der Waals surface area contributed by atoms with Gasteiger partial charge < -0.3 is 14.1 Å². The summed E-state index contributed by atoms with van der Waals surface area (Å²) in [5.74, 6) is 1.61. The number of hydrogen-bond donors (Lipinski definition) is 0. The van der Waals surface area contributed by atoms with Crippen LogP contribution in [0.25, 0.3) is 10.9 Å². The van der Waals surface area contributed by atoms with E-state index < -0.39 is 5.97 Å². The van der Waals surface area contributed by atoms with Gasteiger partial charge in [0, 0.05) is 28.6 Å². The summed E-state index contributed by atoms with van der Waals surface area (Å²) in [5, 5.41) is 5.85. The lowest BCUT2D eigenvalue weighted by Gasteiger charge is -2.17. The molecule has 0 saturated heterocycles. The normalized spacial score (nSPS) is 11.9. The molecule has 3 aromatic rings. The van der Waals surface area contributed by atoms with Crippen LogP contribution in [0.5, 0.6) is 0 Å².